The van der Waals surface area contributed by atoms with Gasteiger partial charge in [0.05, 0.1) is 12.3 Å². The Hall–Kier alpha value is -4.07. The fraction of sp³-hybridized carbons (Fsp3) is 0.269. The van der Waals surface area contributed by atoms with Gasteiger partial charge in [0.2, 0.25) is 0 Å². The standard InChI is InChI=1S/C26H28N6O2/c1-3-5-9-20-16-27-17-23(26(33)34-4-2)24(20)28-15-18-12-13-21(19-10-7-6-8-11-19)22(14-18)25-29-31-32-30-25/h6-8,10-14,16-17H,3-5,9,15H2,1-2H3,(H,27,28)(H,29,30,31,32). The monoisotopic (exact) mass is 456 g/mol. The molecule has 0 unspecified atom stereocenters. The topological polar surface area (TPSA) is 106 Å². The van der Waals surface area contributed by atoms with Crippen LogP contribution in [0.25, 0.3) is 22.5 Å². The third kappa shape index (κ3) is 5.28. The Morgan fingerprint density at radius 3 is 2.65 bits per heavy atom. The number of benzene rings is 2. The largest absolute Gasteiger partial charge is 0.462 e. The molecule has 0 aliphatic carbocycles. The van der Waals surface area contributed by atoms with Crippen LogP contribution in [0.2, 0.25) is 0 Å². The summed E-state index contributed by atoms with van der Waals surface area (Å²) in [4.78, 5) is 16.9. The van der Waals surface area contributed by atoms with E-state index in [0.29, 0.717) is 24.5 Å². The number of tetrazole rings is 1. The average Bonchev–Trinajstić information content (AvgIpc) is 3.42. The van der Waals surface area contributed by atoms with Gasteiger partial charge < -0.3 is 10.1 Å². The minimum Gasteiger partial charge on any atom is -0.462 e. The van der Waals surface area contributed by atoms with Crippen LogP contribution >= 0.6 is 0 Å². The van der Waals surface area contributed by atoms with Crippen LogP contribution in [0.3, 0.4) is 0 Å². The molecule has 8 nitrogen and oxygen atoms in total. The van der Waals surface area contributed by atoms with Crippen molar-refractivity contribution >= 4 is 11.7 Å². The summed E-state index contributed by atoms with van der Waals surface area (Å²) in [6.45, 7) is 4.77. The van der Waals surface area contributed by atoms with Crippen LogP contribution in [0.15, 0.2) is 60.9 Å². The Bertz CT molecular complexity index is 1230. The Kier molecular flexibility index (Phi) is 7.60. The van der Waals surface area contributed by atoms with Gasteiger partial charge in [-0.25, -0.2) is 9.89 Å². The number of unbranched alkanes of at least 4 members (excludes halogenated alkanes) is 1. The maximum Gasteiger partial charge on any atom is 0.341 e. The number of esters is 1. The van der Waals surface area contributed by atoms with Gasteiger partial charge in [-0.2, -0.15) is 0 Å². The number of H-pyrrole nitrogens is 1. The first kappa shape index (κ1) is 23.1. The molecule has 34 heavy (non-hydrogen) atoms. The molecule has 0 spiro atoms. The number of nitrogens with zero attached hydrogens (tertiary/aromatic N) is 4. The lowest BCUT2D eigenvalue weighted by Gasteiger charge is -2.16. The molecule has 2 N–H and O–H groups in total. The summed E-state index contributed by atoms with van der Waals surface area (Å²) in [6.07, 6.45) is 6.29. The Labute approximate surface area is 198 Å². The number of aryl methyl sites for hydroxylation is 1. The lowest BCUT2D eigenvalue weighted by molar-refractivity contribution is 0.0527. The highest BCUT2D eigenvalue weighted by Crippen LogP contribution is 2.31. The number of nitrogens with one attached hydrogen (secondary N) is 2. The van der Waals surface area contributed by atoms with Gasteiger partial charge in [0.1, 0.15) is 5.56 Å². The van der Waals surface area contributed by atoms with Crippen molar-refractivity contribution < 1.29 is 9.53 Å². The van der Waals surface area contributed by atoms with Gasteiger partial charge in [-0.05, 0) is 58.5 Å². The zero-order valence-electron chi connectivity index (χ0n) is 19.4. The number of pyridine rings is 1. The van der Waals surface area contributed by atoms with E-state index >= 15 is 0 Å². The molecule has 0 aliphatic heterocycles. The first-order valence-electron chi connectivity index (χ1n) is 11.5. The van der Waals surface area contributed by atoms with E-state index in [1.54, 1.807) is 13.1 Å². The average molecular weight is 457 g/mol. The van der Waals surface area contributed by atoms with Gasteiger partial charge >= 0.3 is 5.97 Å². The van der Waals surface area contributed by atoms with E-state index in [4.69, 9.17) is 4.74 Å². The van der Waals surface area contributed by atoms with E-state index in [1.807, 2.05) is 24.4 Å². The van der Waals surface area contributed by atoms with Gasteiger partial charge in [0.15, 0.2) is 5.82 Å². The van der Waals surface area contributed by atoms with Crippen molar-refractivity contribution in [3.8, 4) is 22.5 Å². The van der Waals surface area contributed by atoms with Crippen LogP contribution < -0.4 is 5.32 Å². The minimum absolute atomic E-state index is 0.312. The predicted molar refractivity (Wildman–Crippen MR) is 131 cm³/mol. The molecule has 2 heterocycles. The number of aromatic amines is 1. The second kappa shape index (κ2) is 11.2. The molecule has 2 aromatic carbocycles. The van der Waals surface area contributed by atoms with Crippen molar-refractivity contribution in [2.75, 3.05) is 11.9 Å². The van der Waals surface area contributed by atoms with Crippen molar-refractivity contribution in [3.05, 3.63) is 77.6 Å². The SMILES string of the molecule is CCCCc1cncc(C(=O)OCC)c1NCc1ccc(-c2ccccc2)c(-c2nnn[nH]2)c1. The van der Waals surface area contributed by atoms with Gasteiger partial charge in [-0.15, -0.1) is 5.10 Å². The quantitative estimate of drug-likeness (QED) is 0.321. The van der Waals surface area contributed by atoms with Crippen LogP contribution in [-0.4, -0.2) is 38.2 Å². The van der Waals surface area contributed by atoms with E-state index in [9.17, 15) is 4.79 Å². The molecule has 0 radical (unpaired) electrons. The van der Waals surface area contributed by atoms with E-state index in [0.717, 1.165) is 52.8 Å². The summed E-state index contributed by atoms with van der Waals surface area (Å²) >= 11 is 0. The summed E-state index contributed by atoms with van der Waals surface area (Å²) in [5, 5.41) is 18.0. The predicted octanol–water partition coefficient (Wildman–Crippen LogP) is 5.06. The van der Waals surface area contributed by atoms with Crippen LogP contribution in [0.1, 0.15) is 48.2 Å². The fourth-order valence-electron chi connectivity index (χ4n) is 3.86. The van der Waals surface area contributed by atoms with Gasteiger partial charge in [0.25, 0.3) is 0 Å². The molecule has 4 aromatic rings. The maximum atomic E-state index is 12.6. The van der Waals surface area contributed by atoms with Gasteiger partial charge in [0, 0.05) is 24.5 Å². The molecule has 2 aromatic heterocycles. The highest BCUT2D eigenvalue weighted by molar-refractivity contribution is 5.96. The van der Waals surface area contributed by atoms with E-state index in [1.165, 1.54) is 0 Å². The number of hydrogen-bond donors (Lipinski definition) is 2. The van der Waals surface area contributed by atoms with Crippen LogP contribution in [0.4, 0.5) is 5.69 Å². The summed E-state index contributed by atoms with van der Waals surface area (Å²) in [5.74, 6) is 0.226. The van der Waals surface area contributed by atoms with Crippen molar-refractivity contribution in [1.29, 1.82) is 0 Å². The number of carbonyl (C=O) groups excluding carboxylic acids is 1. The summed E-state index contributed by atoms with van der Waals surface area (Å²) in [7, 11) is 0. The number of rotatable bonds is 10. The molecule has 0 saturated heterocycles. The molecule has 0 amide bonds. The highest BCUT2D eigenvalue weighted by atomic mass is 16.5. The second-order valence-electron chi connectivity index (χ2n) is 7.89. The molecular weight excluding hydrogens is 428 g/mol. The number of aromatic nitrogens is 5. The smallest absolute Gasteiger partial charge is 0.341 e. The van der Waals surface area contributed by atoms with E-state index < -0.39 is 0 Å². The summed E-state index contributed by atoms with van der Waals surface area (Å²) < 4.78 is 5.27. The number of carbonyl (C=O) groups is 1. The van der Waals surface area contributed by atoms with E-state index in [2.05, 4.69) is 68.2 Å². The minimum atomic E-state index is -0.372. The molecule has 0 bridgehead atoms. The van der Waals surface area contributed by atoms with Crippen LogP contribution in [0.5, 0.6) is 0 Å². The zero-order valence-corrected chi connectivity index (χ0v) is 19.4. The Morgan fingerprint density at radius 2 is 1.91 bits per heavy atom. The van der Waals surface area contributed by atoms with Crippen molar-refractivity contribution in [2.24, 2.45) is 0 Å². The van der Waals surface area contributed by atoms with Crippen LogP contribution in [-0.2, 0) is 17.7 Å². The zero-order chi connectivity index (χ0) is 23.8. The molecule has 174 valence electrons. The molecule has 0 saturated carbocycles. The molecular formula is C26H28N6O2. The Morgan fingerprint density at radius 1 is 1.06 bits per heavy atom. The van der Waals surface area contributed by atoms with Crippen LogP contribution in [0, 0.1) is 0 Å². The molecule has 0 fully saturated rings. The van der Waals surface area contributed by atoms with Gasteiger partial charge in [-0.3, -0.25) is 4.98 Å². The molecule has 8 heteroatoms. The third-order valence-electron chi connectivity index (χ3n) is 5.56. The lowest BCUT2D eigenvalue weighted by Crippen LogP contribution is -2.13. The van der Waals surface area contributed by atoms with Crippen molar-refractivity contribution in [2.45, 2.75) is 39.7 Å². The molecule has 0 atom stereocenters. The van der Waals surface area contributed by atoms with E-state index in [-0.39, 0.29) is 5.97 Å². The summed E-state index contributed by atoms with van der Waals surface area (Å²) in [6, 6.07) is 16.3. The van der Waals surface area contributed by atoms with Crippen molar-refractivity contribution in [3.63, 3.8) is 0 Å². The maximum absolute atomic E-state index is 12.6. The molecule has 4 rings (SSSR count). The lowest BCUT2D eigenvalue weighted by atomic mass is 9.97. The normalized spacial score (nSPS) is 10.8. The number of ether oxygens (including phenoxy) is 1. The first-order valence-corrected chi connectivity index (χ1v) is 11.5. The number of anilines is 1. The van der Waals surface area contributed by atoms with Crippen molar-refractivity contribution in [1.82, 2.24) is 25.6 Å². The Balaban J connectivity index is 1.66. The van der Waals surface area contributed by atoms with Gasteiger partial charge in [-0.1, -0.05) is 55.8 Å². The third-order valence-corrected chi connectivity index (χ3v) is 5.56. The summed E-state index contributed by atoms with van der Waals surface area (Å²) in [5.41, 5.74) is 6.28. The highest BCUT2D eigenvalue weighted by Gasteiger charge is 2.17. The molecule has 0 aliphatic rings. The first-order chi connectivity index (χ1) is 16.7. The number of hydrogen-bond acceptors (Lipinski definition) is 7. The second-order valence-corrected chi connectivity index (χ2v) is 7.89. The fourth-order valence-corrected chi connectivity index (χ4v) is 3.86.